The maximum absolute atomic E-state index is 11.5. The summed E-state index contributed by atoms with van der Waals surface area (Å²) < 4.78 is 4.92. The molecule has 0 aliphatic rings. The van der Waals surface area contributed by atoms with Gasteiger partial charge in [-0.1, -0.05) is 13.8 Å². The minimum atomic E-state index is -0.468. The topological polar surface area (TPSA) is 51.2 Å². The van der Waals surface area contributed by atoms with Crippen LogP contribution in [-0.2, 0) is 9.53 Å². The molecule has 1 aromatic rings. The predicted octanol–water partition coefficient (Wildman–Crippen LogP) is 2.18. The molecule has 0 radical (unpaired) electrons. The first kappa shape index (κ1) is 12.6. The smallest absolute Gasteiger partial charge is 0.254 e. The van der Waals surface area contributed by atoms with Crippen LogP contribution in [0.3, 0.4) is 0 Å². The number of hydrogen-bond donors (Lipinski definition) is 1. The van der Waals surface area contributed by atoms with Crippen LogP contribution in [0.5, 0.6) is 0 Å². The van der Waals surface area contributed by atoms with Crippen LogP contribution in [0.15, 0.2) is 18.3 Å². The highest BCUT2D eigenvalue weighted by Gasteiger charge is 2.12. The Bertz CT molecular complexity index is 364. The summed E-state index contributed by atoms with van der Waals surface area (Å²) in [5.41, 5.74) is 1.15. The van der Waals surface area contributed by atoms with Gasteiger partial charge in [0.25, 0.3) is 5.91 Å². The quantitative estimate of drug-likeness (QED) is 0.849. The van der Waals surface area contributed by atoms with E-state index in [9.17, 15) is 4.79 Å². The van der Waals surface area contributed by atoms with E-state index in [1.165, 1.54) is 7.11 Å². The Hall–Kier alpha value is -1.42. The number of nitrogens with zero attached hydrogens (tertiary/aromatic N) is 1. The molecule has 0 spiro atoms. The lowest BCUT2D eigenvalue weighted by atomic mass is 10.1. The number of aromatic nitrogens is 1. The number of nitrogens with one attached hydrogen (secondary N) is 1. The molecule has 0 bridgehead atoms. The van der Waals surface area contributed by atoms with E-state index in [0.29, 0.717) is 11.7 Å². The monoisotopic (exact) mass is 222 g/mol. The van der Waals surface area contributed by atoms with Crippen LogP contribution in [0.1, 0.15) is 32.3 Å². The first-order chi connectivity index (χ1) is 7.54. The van der Waals surface area contributed by atoms with E-state index >= 15 is 0 Å². The second kappa shape index (κ2) is 5.61. The van der Waals surface area contributed by atoms with E-state index in [2.05, 4.69) is 24.1 Å². The third kappa shape index (κ3) is 3.31. The molecule has 0 fully saturated rings. The largest absolute Gasteiger partial charge is 0.372 e. The Kier molecular flexibility index (Phi) is 4.43. The maximum Gasteiger partial charge on any atom is 0.254 e. The summed E-state index contributed by atoms with van der Waals surface area (Å²) in [6, 6.07) is 3.82. The third-order valence-electron chi connectivity index (χ3n) is 2.42. The molecule has 1 heterocycles. The number of pyridine rings is 1. The predicted molar refractivity (Wildman–Crippen MR) is 63.4 cm³/mol. The molecular weight excluding hydrogens is 204 g/mol. The van der Waals surface area contributed by atoms with Gasteiger partial charge in [-0.05, 0) is 30.5 Å². The second-order valence-electron chi connectivity index (χ2n) is 4.00. The molecule has 1 rings (SSSR count). The van der Waals surface area contributed by atoms with Gasteiger partial charge in [-0.25, -0.2) is 4.98 Å². The molecule has 0 aliphatic heterocycles. The van der Waals surface area contributed by atoms with Gasteiger partial charge >= 0.3 is 0 Å². The van der Waals surface area contributed by atoms with E-state index in [1.807, 2.05) is 12.1 Å². The van der Waals surface area contributed by atoms with Crippen molar-refractivity contribution < 1.29 is 9.53 Å². The van der Waals surface area contributed by atoms with Crippen molar-refractivity contribution in [3.05, 3.63) is 23.9 Å². The van der Waals surface area contributed by atoms with Gasteiger partial charge in [-0.15, -0.1) is 0 Å². The van der Waals surface area contributed by atoms with Gasteiger partial charge in [-0.3, -0.25) is 4.79 Å². The fraction of sp³-hybridized carbons (Fsp3) is 0.500. The van der Waals surface area contributed by atoms with Crippen LogP contribution in [-0.4, -0.2) is 24.1 Å². The van der Waals surface area contributed by atoms with Crippen molar-refractivity contribution in [2.75, 3.05) is 12.4 Å². The van der Waals surface area contributed by atoms with Gasteiger partial charge in [-0.2, -0.15) is 0 Å². The van der Waals surface area contributed by atoms with Gasteiger partial charge in [0.2, 0.25) is 0 Å². The Morgan fingerprint density at radius 2 is 2.12 bits per heavy atom. The molecular formula is C12H18N2O2. The summed E-state index contributed by atoms with van der Waals surface area (Å²) in [4.78, 5) is 15.6. The van der Waals surface area contributed by atoms with Crippen LogP contribution in [0.2, 0.25) is 0 Å². The number of ether oxygens (including phenoxy) is 1. The molecule has 88 valence electrons. The molecule has 0 saturated heterocycles. The van der Waals surface area contributed by atoms with Crippen molar-refractivity contribution in [1.82, 2.24) is 4.98 Å². The van der Waals surface area contributed by atoms with Crippen molar-refractivity contribution >= 4 is 11.7 Å². The molecule has 1 atom stereocenters. The van der Waals surface area contributed by atoms with Gasteiger partial charge in [0.05, 0.1) is 0 Å². The van der Waals surface area contributed by atoms with Crippen molar-refractivity contribution in [2.45, 2.75) is 32.8 Å². The summed E-state index contributed by atoms with van der Waals surface area (Å²) in [6.07, 6.45) is 1.23. The molecule has 4 heteroatoms. The molecule has 0 saturated carbocycles. The van der Waals surface area contributed by atoms with E-state index in [-0.39, 0.29) is 5.91 Å². The van der Waals surface area contributed by atoms with E-state index in [4.69, 9.17) is 4.74 Å². The number of amides is 1. The number of methoxy groups -OCH3 is 1. The fourth-order valence-corrected chi connectivity index (χ4v) is 1.21. The molecule has 0 aromatic carbocycles. The molecule has 16 heavy (non-hydrogen) atoms. The highest BCUT2D eigenvalue weighted by atomic mass is 16.5. The SMILES string of the molecule is COC(C)C(=O)Nc1cc(C(C)C)ccn1. The standard InChI is InChI=1S/C12H18N2O2/c1-8(2)10-5-6-13-11(7-10)14-12(15)9(3)16-4/h5-9H,1-4H3,(H,13,14,15). The summed E-state index contributed by atoms with van der Waals surface area (Å²) in [6.45, 7) is 5.89. The van der Waals surface area contributed by atoms with Crippen LogP contribution in [0, 0.1) is 0 Å². The van der Waals surface area contributed by atoms with Crippen molar-refractivity contribution in [2.24, 2.45) is 0 Å². The average molecular weight is 222 g/mol. The molecule has 1 unspecified atom stereocenters. The Labute approximate surface area is 96.0 Å². The zero-order valence-corrected chi connectivity index (χ0v) is 10.2. The van der Waals surface area contributed by atoms with Crippen LogP contribution in [0.25, 0.3) is 0 Å². The van der Waals surface area contributed by atoms with Gasteiger partial charge in [0.15, 0.2) is 0 Å². The lowest BCUT2D eigenvalue weighted by Crippen LogP contribution is -2.26. The summed E-state index contributed by atoms with van der Waals surface area (Å²) in [5.74, 6) is 0.800. The molecule has 1 amide bonds. The summed E-state index contributed by atoms with van der Waals surface area (Å²) in [5, 5.41) is 2.71. The molecule has 0 aliphatic carbocycles. The maximum atomic E-state index is 11.5. The molecule has 1 aromatic heterocycles. The highest BCUT2D eigenvalue weighted by Crippen LogP contribution is 2.16. The van der Waals surface area contributed by atoms with Crippen molar-refractivity contribution in [1.29, 1.82) is 0 Å². The van der Waals surface area contributed by atoms with E-state index in [0.717, 1.165) is 5.56 Å². The average Bonchev–Trinajstić information content (AvgIpc) is 2.28. The third-order valence-corrected chi connectivity index (χ3v) is 2.42. The number of anilines is 1. The van der Waals surface area contributed by atoms with Crippen LogP contribution >= 0.6 is 0 Å². The fourth-order valence-electron chi connectivity index (χ4n) is 1.21. The van der Waals surface area contributed by atoms with Crippen molar-refractivity contribution in [3.8, 4) is 0 Å². The number of carbonyl (C=O) groups excluding carboxylic acids is 1. The summed E-state index contributed by atoms with van der Waals surface area (Å²) in [7, 11) is 1.50. The van der Waals surface area contributed by atoms with Crippen molar-refractivity contribution in [3.63, 3.8) is 0 Å². The van der Waals surface area contributed by atoms with Gasteiger partial charge in [0.1, 0.15) is 11.9 Å². The number of rotatable bonds is 4. The van der Waals surface area contributed by atoms with Crippen LogP contribution < -0.4 is 5.32 Å². The molecule has 1 N–H and O–H groups in total. The minimum Gasteiger partial charge on any atom is -0.372 e. The number of carbonyl (C=O) groups is 1. The minimum absolute atomic E-state index is 0.184. The number of hydrogen-bond acceptors (Lipinski definition) is 3. The summed E-state index contributed by atoms with van der Waals surface area (Å²) >= 11 is 0. The Morgan fingerprint density at radius 1 is 1.44 bits per heavy atom. The first-order valence-corrected chi connectivity index (χ1v) is 5.34. The van der Waals surface area contributed by atoms with Gasteiger partial charge < -0.3 is 10.1 Å². The first-order valence-electron chi connectivity index (χ1n) is 5.34. The van der Waals surface area contributed by atoms with E-state index < -0.39 is 6.10 Å². The zero-order chi connectivity index (χ0) is 12.1. The Balaban J connectivity index is 2.74. The van der Waals surface area contributed by atoms with Crippen LogP contribution in [0.4, 0.5) is 5.82 Å². The lowest BCUT2D eigenvalue weighted by molar-refractivity contribution is -0.124. The van der Waals surface area contributed by atoms with Gasteiger partial charge in [0, 0.05) is 13.3 Å². The van der Waals surface area contributed by atoms with E-state index in [1.54, 1.807) is 13.1 Å². The second-order valence-corrected chi connectivity index (χ2v) is 4.00. The lowest BCUT2D eigenvalue weighted by Gasteiger charge is -2.11. The normalized spacial score (nSPS) is 12.6. The highest BCUT2D eigenvalue weighted by molar-refractivity contribution is 5.93. The zero-order valence-electron chi connectivity index (χ0n) is 10.2. The molecule has 4 nitrogen and oxygen atoms in total. The Morgan fingerprint density at radius 3 is 2.69 bits per heavy atom.